The normalized spacial score (nSPS) is 24.5. The zero-order chi connectivity index (χ0) is 12.5. The topological polar surface area (TPSA) is 12.0 Å². The van der Waals surface area contributed by atoms with Gasteiger partial charge in [0.05, 0.1) is 0 Å². The monoisotopic (exact) mass is 251 g/mol. The molecule has 0 amide bonds. The second kappa shape index (κ2) is 4.62. The molecular formula is C15H22ClN. The Labute approximate surface area is 110 Å². The molecule has 1 aromatic carbocycles. The average molecular weight is 252 g/mol. The van der Waals surface area contributed by atoms with Gasteiger partial charge in [0.2, 0.25) is 0 Å². The van der Waals surface area contributed by atoms with E-state index >= 15 is 0 Å². The molecule has 1 saturated heterocycles. The minimum absolute atomic E-state index is 0.267. The van der Waals surface area contributed by atoms with Crippen molar-refractivity contribution in [2.45, 2.75) is 45.6 Å². The molecule has 1 aromatic rings. The number of hydrogen-bond donors (Lipinski definition) is 1. The van der Waals surface area contributed by atoms with Gasteiger partial charge < -0.3 is 5.32 Å². The molecule has 2 heteroatoms. The number of benzene rings is 1. The van der Waals surface area contributed by atoms with Gasteiger partial charge in [-0.25, -0.2) is 0 Å². The summed E-state index contributed by atoms with van der Waals surface area (Å²) in [4.78, 5) is 0. The molecule has 1 unspecified atom stereocenters. The van der Waals surface area contributed by atoms with Gasteiger partial charge in [-0.2, -0.15) is 0 Å². The van der Waals surface area contributed by atoms with E-state index in [0.29, 0.717) is 5.41 Å². The molecule has 94 valence electrons. The van der Waals surface area contributed by atoms with Crippen LogP contribution in [0.5, 0.6) is 0 Å². The van der Waals surface area contributed by atoms with Crippen LogP contribution in [0.4, 0.5) is 0 Å². The van der Waals surface area contributed by atoms with Crippen molar-refractivity contribution < 1.29 is 0 Å². The average Bonchev–Trinajstić information content (AvgIpc) is 2.16. The molecule has 1 atom stereocenters. The van der Waals surface area contributed by atoms with Crippen LogP contribution in [0.3, 0.4) is 0 Å². The fraction of sp³-hybridized carbons (Fsp3) is 0.600. The fourth-order valence-electron chi connectivity index (χ4n) is 2.86. The van der Waals surface area contributed by atoms with Gasteiger partial charge in [-0.3, -0.25) is 0 Å². The third-order valence-corrected chi connectivity index (χ3v) is 3.83. The summed E-state index contributed by atoms with van der Waals surface area (Å²) in [5.41, 5.74) is 1.89. The predicted molar refractivity (Wildman–Crippen MR) is 74.6 cm³/mol. The first kappa shape index (κ1) is 12.9. The van der Waals surface area contributed by atoms with Crippen LogP contribution in [0.1, 0.15) is 39.2 Å². The van der Waals surface area contributed by atoms with Gasteiger partial charge in [0.1, 0.15) is 0 Å². The highest BCUT2D eigenvalue weighted by Gasteiger charge is 2.39. The molecular weight excluding hydrogens is 230 g/mol. The van der Waals surface area contributed by atoms with Gasteiger partial charge >= 0.3 is 0 Å². The van der Waals surface area contributed by atoms with Crippen molar-refractivity contribution in [2.75, 3.05) is 6.54 Å². The molecule has 0 saturated carbocycles. The highest BCUT2D eigenvalue weighted by atomic mass is 35.5. The van der Waals surface area contributed by atoms with Crippen LogP contribution in [-0.2, 0) is 6.42 Å². The second-order valence-corrected chi connectivity index (χ2v) is 6.87. The van der Waals surface area contributed by atoms with Crippen molar-refractivity contribution in [3.05, 3.63) is 34.9 Å². The van der Waals surface area contributed by atoms with E-state index < -0.39 is 0 Å². The third-order valence-electron chi connectivity index (χ3n) is 3.46. The van der Waals surface area contributed by atoms with E-state index in [1.807, 2.05) is 12.1 Å². The summed E-state index contributed by atoms with van der Waals surface area (Å²) in [6.45, 7) is 8.06. The highest BCUT2D eigenvalue weighted by Crippen LogP contribution is 2.37. The minimum atomic E-state index is 0.267. The van der Waals surface area contributed by atoms with E-state index in [1.54, 1.807) is 0 Å². The first-order chi connectivity index (χ1) is 7.90. The molecule has 0 aromatic heterocycles. The standard InChI is InChI=1S/C15H22ClN/c1-14(2,3)11-15(8-9-17-15)10-12-6-4-5-7-13(12)16/h4-7,17H,8-11H2,1-3H3. The van der Waals surface area contributed by atoms with Gasteiger partial charge in [0.15, 0.2) is 0 Å². The summed E-state index contributed by atoms with van der Waals surface area (Å²) in [5, 5.41) is 4.53. The van der Waals surface area contributed by atoms with Crippen LogP contribution in [0.2, 0.25) is 5.02 Å². The van der Waals surface area contributed by atoms with Gasteiger partial charge in [0, 0.05) is 10.6 Å². The van der Waals surface area contributed by atoms with Crippen LogP contribution in [0.25, 0.3) is 0 Å². The molecule has 17 heavy (non-hydrogen) atoms. The molecule has 1 aliphatic heterocycles. The molecule has 0 spiro atoms. The maximum atomic E-state index is 6.25. The first-order valence-corrected chi connectivity index (χ1v) is 6.77. The van der Waals surface area contributed by atoms with Gasteiger partial charge in [-0.15, -0.1) is 0 Å². The lowest BCUT2D eigenvalue weighted by Crippen LogP contribution is -2.59. The Balaban J connectivity index is 2.13. The van der Waals surface area contributed by atoms with Gasteiger partial charge in [0.25, 0.3) is 0 Å². The van der Waals surface area contributed by atoms with Gasteiger partial charge in [-0.05, 0) is 42.9 Å². The SMILES string of the molecule is CC(C)(C)CC1(Cc2ccccc2Cl)CCN1. The molecule has 1 nitrogen and oxygen atoms in total. The molecule has 0 aliphatic carbocycles. The van der Waals surface area contributed by atoms with Crippen molar-refractivity contribution in [1.82, 2.24) is 5.32 Å². The van der Waals surface area contributed by atoms with E-state index in [9.17, 15) is 0 Å². The summed E-state index contributed by atoms with van der Waals surface area (Å²) >= 11 is 6.25. The van der Waals surface area contributed by atoms with E-state index in [1.165, 1.54) is 18.4 Å². The lowest BCUT2D eigenvalue weighted by Gasteiger charge is -2.47. The summed E-state index contributed by atoms with van der Waals surface area (Å²) in [7, 11) is 0. The zero-order valence-corrected chi connectivity index (χ0v) is 11.8. The van der Waals surface area contributed by atoms with Gasteiger partial charge in [-0.1, -0.05) is 50.6 Å². The summed E-state index contributed by atoms with van der Waals surface area (Å²) in [6.07, 6.45) is 3.50. The lowest BCUT2D eigenvalue weighted by molar-refractivity contribution is 0.132. The Kier molecular flexibility index (Phi) is 3.51. The quantitative estimate of drug-likeness (QED) is 0.855. The van der Waals surface area contributed by atoms with E-state index in [4.69, 9.17) is 11.6 Å². The maximum Gasteiger partial charge on any atom is 0.0438 e. The number of nitrogens with one attached hydrogen (secondary N) is 1. The van der Waals surface area contributed by atoms with Crippen molar-refractivity contribution in [3.8, 4) is 0 Å². The summed E-state index contributed by atoms with van der Waals surface area (Å²) < 4.78 is 0. The van der Waals surface area contributed by atoms with Crippen molar-refractivity contribution in [2.24, 2.45) is 5.41 Å². The second-order valence-electron chi connectivity index (χ2n) is 6.46. The Morgan fingerprint density at radius 1 is 1.29 bits per heavy atom. The lowest BCUT2D eigenvalue weighted by atomic mass is 9.71. The maximum absolute atomic E-state index is 6.25. The molecule has 2 rings (SSSR count). The van der Waals surface area contributed by atoms with Crippen molar-refractivity contribution in [3.63, 3.8) is 0 Å². The van der Waals surface area contributed by atoms with Crippen LogP contribution >= 0.6 is 11.6 Å². The Bertz CT molecular complexity index is 388. The van der Waals surface area contributed by atoms with Crippen LogP contribution in [-0.4, -0.2) is 12.1 Å². The van der Waals surface area contributed by atoms with E-state index in [2.05, 4.69) is 38.2 Å². The molecule has 0 radical (unpaired) electrons. The zero-order valence-electron chi connectivity index (χ0n) is 11.0. The number of hydrogen-bond acceptors (Lipinski definition) is 1. The summed E-state index contributed by atoms with van der Waals surface area (Å²) in [6, 6.07) is 8.20. The first-order valence-electron chi connectivity index (χ1n) is 6.39. The number of rotatable bonds is 3. The third kappa shape index (κ3) is 3.23. The van der Waals surface area contributed by atoms with Crippen LogP contribution in [0.15, 0.2) is 24.3 Å². The largest absolute Gasteiger partial charge is 0.311 e. The minimum Gasteiger partial charge on any atom is -0.311 e. The number of halogens is 1. The van der Waals surface area contributed by atoms with E-state index in [-0.39, 0.29) is 5.54 Å². The predicted octanol–water partition coefficient (Wildman–Crippen LogP) is 4.05. The van der Waals surface area contributed by atoms with Crippen molar-refractivity contribution in [1.29, 1.82) is 0 Å². The fourth-order valence-corrected chi connectivity index (χ4v) is 3.07. The van der Waals surface area contributed by atoms with E-state index in [0.717, 1.165) is 18.0 Å². The molecule has 1 N–H and O–H groups in total. The Morgan fingerprint density at radius 2 is 1.94 bits per heavy atom. The summed E-state index contributed by atoms with van der Waals surface area (Å²) in [5.74, 6) is 0. The molecule has 1 aliphatic rings. The molecule has 1 heterocycles. The Morgan fingerprint density at radius 3 is 2.41 bits per heavy atom. The Hall–Kier alpha value is -0.530. The van der Waals surface area contributed by atoms with Crippen LogP contribution < -0.4 is 5.32 Å². The van der Waals surface area contributed by atoms with Crippen LogP contribution in [0, 0.1) is 5.41 Å². The molecule has 0 bridgehead atoms. The van der Waals surface area contributed by atoms with Crippen molar-refractivity contribution >= 4 is 11.6 Å². The molecule has 1 fully saturated rings. The smallest absolute Gasteiger partial charge is 0.0438 e. The highest BCUT2D eigenvalue weighted by molar-refractivity contribution is 6.31.